The molecule has 0 saturated heterocycles. The van der Waals surface area contributed by atoms with Crippen LogP contribution < -0.4 is 5.73 Å². The van der Waals surface area contributed by atoms with Crippen LogP contribution in [0.25, 0.3) is 0 Å². The Hall–Kier alpha value is -1.23. The van der Waals surface area contributed by atoms with Crippen LogP contribution in [-0.4, -0.2) is 10.1 Å². The van der Waals surface area contributed by atoms with Crippen LogP contribution in [0.1, 0.15) is 23.2 Å². The van der Waals surface area contributed by atoms with Crippen molar-refractivity contribution in [2.24, 2.45) is 0 Å². The van der Waals surface area contributed by atoms with Crippen LogP contribution in [0, 0.1) is 6.92 Å². The maximum Gasteiger partial charge on any atom is 0.280 e. The van der Waals surface area contributed by atoms with E-state index in [9.17, 15) is 8.78 Å². The van der Waals surface area contributed by atoms with Gasteiger partial charge in [-0.15, -0.1) is 0 Å². The lowest BCUT2D eigenvalue weighted by atomic mass is 10.1. The van der Waals surface area contributed by atoms with E-state index in [1.165, 1.54) is 0 Å². The largest absolute Gasteiger partial charge is 0.392 e. The van der Waals surface area contributed by atoms with Gasteiger partial charge < -0.3 is 10.8 Å². The third kappa shape index (κ3) is 1.92. The lowest BCUT2D eigenvalue weighted by molar-refractivity contribution is 0.146. The molecule has 0 aliphatic rings. The maximum atomic E-state index is 12.2. The Labute approximate surface area is 74.2 Å². The lowest BCUT2D eigenvalue weighted by Gasteiger charge is -2.08. The molecule has 72 valence electrons. The van der Waals surface area contributed by atoms with Crippen LogP contribution in [0.15, 0.2) is 6.07 Å². The Balaban J connectivity index is 3.22. The molecule has 1 rings (SSSR count). The summed E-state index contributed by atoms with van der Waals surface area (Å²) in [5.74, 6) is 0.0434. The summed E-state index contributed by atoms with van der Waals surface area (Å²) >= 11 is 0. The van der Waals surface area contributed by atoms with Crippen molar-refractivity contribution >= 4 is 5.82 Å². The monoisotopic (exact) mass is 188 g/mol. The van der Waals surface area contributed by atoms with Crippen molar-refractivity contribution in [3.05, 3.63) is 22.9 Å². The number of nitrogens with zero attached hydrogens (tertiary/aromatic N) is 1. The SMILES string of the molecule is Cc1c(CO)cc(C(F)F)nc1N. The number of hydrogen-bond donors (Lipinski definition) is 2. The summed E-state index contributed by atoms with van der Waals surface area (Å²) in [5, 5.41) is 8.82. The number of anilines is 1. The molecule has 0 aromatic carbocycles. The Kier molecular flexibility index (Phi) is 2.77. The van der Waals surface area contributed by atoms with Crippen LogP contribution in [0.2, 0.25) is 0 Å². The number of alkyl halides is 2. The molecule has 0 aliphatic heterocycles. The second-order valence-corrected chi connectivity index (χ2v) is 2.68. The minimum absolute atomic E-state index is 0.0434. The first-order chi connectivity index (χ1) is 6.06. The molecule has 0 aliphatic carbocycles. The molecule has 0 atom stereocenters. The van der Waals surface area contributed by atoms with E-state index in [-0.39, 0.29) is 12.4 Å². The summed E-state index contributed by atoms with van der Waals surface area (Å²) < 4.78 is 24.4. The van der Waals surface area contributed by atoms with Gasteiger partial charge in [0.1, 0.15) is 11.5 Å². The van der Waals surface area contributed by atoms with Crippen molar-refractivity contribution in [2.45, 2.75) is 20.0 Å². The summed E-state index contributed by atoms with van der Waals surface area (Å²) in [4.78, 5) is 3.50. The number of aliphatic hydroxyl groups excluding tert-OH is 1. The molecule has 0 spiro atoms. The van der Waals surface area contributed by atoms with Gasteiger partial charge in [0.15, 0.2) is 0 Å². The van der Waals surface area contributed by atoms with Gasteiger partial charge in [0.2, 0.25) is 0 Å². The molecule has 3 nitrogen and oxygen atoms in total. The van der Waals surface area contributed by atoms with Crippen LogP contribution >= 0.6 is 0 Å². The van der Waals surface area contributed by atoms with Gasteiger partial charge in [-0.3, -0.25) is 0 Å². The highest BCUT2D eigenvalue weighted by atomic mass is 19.3. The van der Waals surface area contributed by atoms with Crippen molar-refractivity contribution in [1.82, 2.24) is 4.98 Å². The molecule has 3 N–H and O–H groups in total. The number of aliphatic hydroxyl groups is 1. The van der Waals surface area contributed by atoms with Crippen molar-refractivity contribution in [1.29, 1.82) is 0 Å². The third-order valence-corrected chi connectivity index (χ3v) is 1.83. The first kappa shape index (κ1) is 9.85. The molecule has 1 aromatic heterocycles. The highest BCUT2D eigenvalue weighted by Gasteiger charge is 2.13. The van der Waals surface area contributed by atoms with Gasteiger partial charge in [0.05, 0.1) is 6.61 Å². The summed E-state index contributed by atoms with van der Waals surface area (Å²) in [7, 11) is 0. The fourth-order valence-corrected chi connectivity index (χ4v) is 0.982. The highest BCUT2D eigenvalue weighted by Crippen LogP contribution is 2.22. The van der Waals surface area contributed by atoms with E-state index in [2.05, 4.69) is 4.98 Å². The molecule has 0 amide bonds. The normalized spacial score (nSPS) is 10.8. The number of nitrogens with two attached hydrogens (primary N) is 1. The minimum atomic E-state index is -2.66. The number of pyridine rings is 1. The number of nitrogen functional groups attached to an aromatic ring is 1. The van der Waals surface area contributed by atoms with Gasteiger partial charge >= 0.3 is 0 Å². The standard InChI is InChI=1S/C8H10F2N2O/c1-4-5(3-13)2-6(7(9)10)12-8(4)11/h2,7,13H,3H2,1H3,(H2,11,12). The van der Waals surface area contributed by atoms with Crippen molar-refractivity contribution in [2.75, 3.05) is 5.73 Å². The molecule has 0 bridgehead atoms. The number of aromatic nitrogens is 1. The predicted molar refractivity (Wildman–Crippen MR) is 44.3 cm³/mol. The molecule has 13 heavy (non-hydrogen) atoms. The van der Waals surface area contributed by atoms with E-state index in [1.54, 1.807) is 6.92 Å². The molecule has 0 fully saturated rings. The number of rotatable bonds is 2. The highest BCUT2D eigenvalue weighted by molar-refractivity contribution is 5.44. The summed E-state index contributed by atoms with van der Waals surface area (Å²) in [6.45, 7) is 1.32. The minimum Gasteiger partial charge on any atom is -0.392 e. The Morgan fingerprint density at radius 2 is 2.23 bits per heavy atom. The number of hydrogen-bond acceptors (Lipinski definition) is 3. The Morgan fingerprint density at radius 1 is 1.62 bits per heavy atom. The van der Waals surface area contributed by atoms with Crippen molar-refractivity contribution in [3.63, 3.8) is 0 Å². The second-order valence-electron chi connectivity index (χ2n) is 2.68. The van der Waals surface area contributed by atoms with Gasteiger partial charge in [-0.25, -0.2) is 13.8 Å². The summed E-state index contributed by atoms with van der Waals surface area (Å²) in [6, 6.07) is 1.16. The number of halogens is 2. The van der Waals surface area contributed by atoms with E-state index in [4.69, 9.17) is 10.8 Å². The average molecular weight is 188 g/mol. The van der Waals surface area contributed by atoms with Crippen LogP contribution in [0.5, 0.6) is 0 Å². The summed E-state index contributed by atoms with van der Waals surface area (Å²) in [5.41, 5.74) is 5.92. The van der Waals surface area contributed by atoms with Crippen molar-refractivity contribution < 1.29 is 13.9 Å². The Bertz CT molecular complexity index is 315. The average Bonchev–Trinajstić information content (AvgIpc) is 2.09. The maximum absolute atomic E-state index is 12.2. The molecule has 1 heterocycles. The molecule has 0 unspecified atom stereocenters. The zero-order valence-electron chi connectivity index (χ0n) is 7.09. The van der Waals surface area contributed by atoms with Crippen molar-refractivity contribution in [3.8, 4) is 0 Å². The van der Waals surface area contributed by atoms with Crippen LogP contribution in [0.3, 0.4) is 0 Å². The zero-order valence-corrected chi connectivity index (χ0v) is 7.09. The molecular formula is C8H10F2N2O. The molecule has 0 radical (unpaired) electrons. The topological polar surface area (TPSA) is 59.1 Å². The second kappa shape index (κ2) is 3.66. The van der Waals surface area contributed by atoms with E-state index < -0.39 is 12.1 Å². The molecule has 5 heteroatoms. The summed E-state index contributed by atoms with van der Waals surface area (Å²) in [6.07, 6.45) is -2.66. The van der Waals surface area contributed by atoms with E-state index >= 15 is 0 Å². The Morgan fingerprint density at radius 3 is 2.69 bits per heavy atom. The molecule has 1 aromatic rings. The first-order valence-electron chi connectivity index (χ1n) is 3.71. The van der Waals surface area contributed by atoms with Gasteiger partial charge in [0.25, 0.3) is 6.43 Å². The third-order valence-electron chi connectivity index (χ3n) is 1.83. The smallest absolute Gasteiger partial charge is 0.280 e. The fourth-order valence-electron chi connectivity index (χ4n) is 0.982. The zero-order chi connectivity index (χ0) is 10.0. The lowest BCUT2D eigenvalue weighted by Crippen LogP contribution is -2.03. The predicted octanol–water partition coefficient (Wildman–Crippen LogP) is 1.40. The van der Waals surface area contributed by atoms with E-state index in [1.807, 2.05) is 0 Å². The van der Waals surface area contributed by atoms with E-state index in [0.717, 1.165) is 6.07 Å². The molecule has 0 saturated carbocycles. The van der Waals surface area contributed by atoms with Gasteiger partial charge in [-0.1, -0.05) is 0 Å². The van der Waals surface area contributed by atoms with Gasteiger partial charge in [-0.2, -0.15) is 0 Å². The van der Waals surface area contributed by atoms with Crippen LogP contribution in [-0.2, 0) is 6.61 Å². The van der Waals surface area contributed by atoms with Gasteiger partial charge in [-0.05, 0) is 24.1 Å². The van der Waals surface area contributed by atoms with Gasteiger partial charge in [0, 0.05) is 0 Å². The van der Waals surface area contributed by atoms with Crippen LogP contribution in [0.4, 0.5) is 14.6 Å². The fraction of sp³-hybridized carbons (Fsp3) is 0.375. The van der Waals surface area contributed by atoms with E-state index in [0.29, 0.717) is 11.1 Å². The quantitative estimate of drug-likeness (QED) is 0.737. The first-order valence-corrected chi connectivity index (χ1v) is 3.71. The molecular weight excluding hydrogens is 178 g/mol.